The van der Waals surface area contributed by atoms with Gasteiger partial charge in [0.25, 0.3) is 0 Å². The van der Waals surface area contributed by atoms with Crippen molar-refractivity contribution in [3.05, 3.63) is 45.0 Å². The van der Waals surface area contributed by atoms with Crippen LogP contribution in [0.25, 0.3) is 11.4 Å². The van der Waals surface area contributed by atoms with Gasteiger partial charge in [-0.15, -0.1) is 11.3 Å². The first-order valence-corrected chi connectivity index (χ1v) is 14.1. The summed E-state index contributed by atoms with van der Waals surface area (Å²) in [5, 5.41) is 26.7. The third-order valence-electron chi connectivity index (χ3n) is 8.70. The van der Waals surface area contributed by atoms with E-state index in [1.807, 2.05) is 12.1 Å². The normalized spacial score (nSPS) is 23.9. The molecule has 0 aromatic carbocycles. The maximum atomic E-state index is 9.95. The van der Waals surface area contributed by atoms with Gasteiger partial charge in [0.1, 0.15) is 22.6 Å². The van der Waals surface area contributed by atoms with Gasteiger partial charge in [0, 0.05) is 34.3 Å². The molecule has 0 radical (unpaired) electrons. The van der Waals surface area contributed by atoms with Crippen LogP contribution in [0.15, 0.2) is 16.7 Å². The SMILES string of the molecule is CC(Nc1nc(-c2noc3c2CCCC32CCCc3sc(N)c(C#N)c32)ccc1C=N)C1CCCN1C. The predicted molar refractivity (Wildman–Crippen MR) is 146 cm³/mol. The molecule has 3 unspecified atom stereocenters. The maximum Gasteiger partial charge on any atom is 0.151 e. The van der Waals surface area contributed by atoms with Crippen LogP contribution in [0.3, 0.4) is 0 Å². The highest BCUT2D eigenvalue weighted by molar-refractivity contribution is 7.16. The average molecular weight is 516 g/mol. The molecule has 3 aromatic heterocycles. The van der Waals surface area contributed by atoms with Crippen molar-refractivity contribution < 1.29 is 4.52 Å². The zero-order valence-electron chi connectivity index (χ0n) is 21.4. The van der Waals surface area contributed by atoms with Gasteiger partial charge in [-0.3, -0.25) is 0 Å². The summed E-state index contributed by atoms with van der Waals surface area (Å²) in [6.07, 6.45) is 9.45. The van der Waals surface area contributed by atoms with Crippen LogP contribution in [0.1, 0.15) is 78.3 Å². The fourth-order valence-corrected chi connectivity index (χ4v) is 8.12. The minimum absolute atomic E-state index is 0.206. The molecule has 9 heteroatoms. The molecule has 1 fully saturated rings. The second kappa shape index (κ2) is 9.26. The molecule has 3 atom stereocenters. The molecule has 2 aliphatic carbocycles. The third kappa shape index (κ3) is 3.77. The second-order valence-corrected chi connectivity index (χ2v) is 11.9. The Balaban J connectivity index is 1.40. The highest BCUT2D eigenvalue weighted by atomic mass is 32.1. The maximum absolute atomic E-state index is 9.95. The van der Waals surface area contributed by atoms with E-state index in [4.69, 9.17) is 20.7 Å². The van der Waals surface area contributed by atoms with Gasteiger partial charge in [-0.2, -0.15) is 5.26 Å². The summed E-state index contributed by atoms with van der Waals surface area (Å²) in [6, 6.07) is 6.91. The first kappa shape index (κ1) is 24.1. The lowest BCUT2D eigenvalue weighted by atomic mass is 9.63. The van der Waals surface area contributed by atoms with Gasteiger partial charge >= 0.3 is 0 Å². The van der Waals surface area contributed by atoms with E-state index in [9.17, 15) is 5.26 Å². The highest BCUT2D eigenvalue weighted by Gasteiger charge is 2.48. The highest BCUT2D eigenvalue weighted by Crippen LogP contribution is 2.55. The molecular formula is C28H33N7OS. The Labute approximate surface area is 221 Å². The van der Waals surface area contributed by atoms with Crippen LogP contribution in [0.4, 0.5) is 10.8 Å². The molecule has 6 rings (SSSR count). The van der Waals surface area contributed by atoms with E-state index in [2.05, 4.69) is 35.4 Å². The lowest BCUT2D eigenvalue weighted by Gasteiger charge is -2.39. The number of nitrogen functional groups attached to an aromatic ring is 1. The lowest BCUT2D eigenvalue weighted by Crippen LogP contribution is -2.39. The Kier molecular flexibility index (Phi) is 6.04. The molecular weight excluding hydrogens is 482 g/mol. The number of nitrogens with zero attached hydrogens (tertiary/aromatic N) is 4. The molecule has 4 heterocycles. The van der Waals surface area contributed by atoms with Crippen molar-refractivity contribution >= 4 is 28.4 Å². The van der Waals surface area contributed by atoms with Crippen molar-refractivity contribution in [1.82, 2.24) is 15.0 Å². The Morgan fingerprint density at radius 1 is 1.32 bits per heavy atom. The Bertz CT molecular complexity index is 1400. The molecule has 1 aliphatic heterocycles. The number of likely N-dealkylation sites (N-methyl/N-ethyl adjacent to an activating group) is 1. The Morgan fingerprint density at radius 2 is 2.14 bits per heavy atom. The zero-order chi connectivity index (χ0) is 25.7. The minimum Gasteiger partial charge on any atom is -0.389 e. The summed E-state index contributed by atoms with van der Waals surface area (Å²) >= 11 is 1.56. The quantitative estimate of drug-likeness (QED) is 0.403. The van der Waals surface area contributed by atoms with Crippen molar-refractivity contribution in [1.29, 1.82) is 10.7 Å². The topological polar surface area (TPSA) is 128 Å². The first-order chi connectivity index (χ1) is 18.0. The number of thiophene rings is 1. The van der Waals surface area contributed by atoms with Gasteiger partial charge in [0.05, 0.1) is 16.7 Å². The number of pyridine rings is 1. The van der Waals surface area contributed by atoms with Crippen LogP contribution in [-0.2, 0) is 18.3 Å². The van der Waals surface area contributed by atoms with Crippen LogP contribution >= 0.6 is 11.3 Å². The summed E-state index contributed by atoms with van der Waals surface area (Å²) in [5.41, 5.74) is 11.0. The second-order valence-electron chi connectivity index (χ2n) is 10.8. The lowest BCUT2D eigenvalue weighted by molar-refractivity contribution is 0.265. The van der Waals surface area contributed by atoms with Crippen molar-refractivity contribution in [2.75, 3.05) is 24.6 Å². The summed E-state index contributed by atoms with van der Waals surface area (Å²) in [6.45, 7) is 3.30. The number of rotatable bonds is 5. The molecule has 4 N–H and O–H groups in total. The molecule has 37 heavy (non-hydrogen) atoms. The van der Waals surface area contributed by atoms with Crippen molar-refractivity contribution in [2.45, 2.75) is 75.8 Å². The standard InChI is InChI=1S/C28H33N7OS/c1-16(21-7-5-13-35(21)2)32-27-17(14-29)9-10-20(33-27)24-18-6-3-11-28(25(18)36-34-24)12-4-8-22-23(28)19(15-30)26(31)37-22/h9-10,14,16,21,29H,3-8,11-13,31H2,1-2H3,(H,32,33). The number of hydrogen-bond donors (Lipinski definition) is 3. The summed E-state index contributed by atoms with van der Waals surface area (Å²) < 4.78 is 6.17. The molecule has 3 aromatic rings. The number of nitriles is 1. The molecule has 1 saturated heterocycles. The van der Waals surface area contributed by atoms with E-state index in [-0.39, 0.29) is 11.5 Å². The van der Waals surface area contributed by atoms with E-state index in [0.29, 0.717) is 22.4 Å². The van der Waals surface area contributed by atoms with Gasteiger partial charge in [-0.05, 0) is 89.6 Å². The van der Waals surface area contributed by atoms with Crippen LogP contribution < -0.4 is 11.1 Å². The zero-order valence-corrected chi connectivity index (χ0v) is 22.2. The molecule has 0 bridgehead atoms. The van der Waals surface area contributed by atoms with Crippen molar-refractivity contribution in [2.24, 2.45) is 0 Å². The number of aromatic nitrogens is 2. The fraction of sp³-hybridized carbons (Fsp3) is 0.500. The molecule has 8 nitrogen and oxygen atoms in total. The molecule has 192 valence electrons. The van der Waals surface area contributed by atoms with E-state index in [1.165, 1.54) is 17.5 Å². The number of anilines is 2. The Hall–Kier alpha value is -3.22. The van der Waals surface area contributed by atoms with E-state index in [0.717, 1.165) is 85.3 Å². The smallest absolute Gasteiger partial charge is 0.151 e. The molecule has 0 amide bonds. The molecule has 3 aliphatic rings. The van der Waals surface area contributed by atoms with Gasteiger partial charge in [-0.1, -0.05) is 5.16 Å². The number of nitrogens with two attached hydrogens (primary N) is 1. The first-order valence-electron chi connectivity index (χ1n) is 13.3. The number of likely N-dealkylation sites (tertiary alicyclic amines) is 1. The van der Waals surface area contributed by atoms with Gasteiger partial charge in [0.2, 0.25) is 0 Å². The van der Waals surface area contributed by atoms with Gasteiger partial charge in [0.15, 0.2) is 5.76 Å². The monoisotopic (exact) mass is 515 g/mol. The third-order valence-corrected chi connectivity index (χ3v) is 9.78. The van der Waals surface area contributed by atoms with Crippen molar-refractivity contribution in [3.8, 4) is 17.5 Å². The van der Waals surface area contributed by atoms with Crippen LogP contribution in [0.2, 0.25) is 0 Å². The summed E-state index contributed by atoms with van der Waals surface area (Å²) in [4.78, 5) is 8.58. The van der Waals surface area contributed by atoms with Crippen LogP contribution in [0, 0.1) is 16.7 Å². The number of hydrogen-bond acceptors (Lipinski definition) is 9. The molecule has 0 saturated carbocycles. The number of aryl methyl sites for hydroxylation is 1. The van der Waals surface area contributed by atoms with E-state index < -0.39 is 0 Å². The van der Waals surface area contributed by atoms with Gasteiger partial charge < -0.3 is 25.9 Å². The fourth-order valence-electron chi connectivity index (χ4n) is 6.96. The summed E-state index contributed by atoms with van der Waals surface area (Å²) in [5.74, 6) is 1.59. The minimum atomic E-state index is -0.344. The average Bonchev–Trinajstić information content (AvgIpc) is 3.61. The Morgan fingerprint density at radius 3 is 2.86 bits per heavy atom. The van der Waals surface area contributed by atoms with Crippen LogP contribution in [-0.4, -0.2) is 46.9 Å². The van der Waals surface area contributed by atoms with Gasteiger partial charge in [-0.25, -0.2) is 4.98 Å². The van der Waals surface area contributed by atoms with Crippen molar-refractivity contribution in [3.63, 3.8) is 0 Å². The number of nitrogens with one attached hydrogen (secondary N) is 2. The number of fused-ring (bicyclic) bond motifs is 4. The molecule has 1 spiro atoms. The van der Waals surface area contributed by atoms with E-state index >= 15 is 0 Å². The predicted octanol–water partition coefficient (Wildman–Crippen LogP) is 5.10. The largest absolute Gasteiger partial charge is 0.389 e. The van der Waals surface area contributed by atoms with Crippen LogP contribution in [0.5, 0.6) is 0 Å². The van der Waals surface area contributed by atoms with E-state index in [1.54, 1.807) is 11.3 Å². The summed E-state index contributed by atoms with van der Waals surface area (Å²) in [7, 11) is 2.17.